The molecule has 0 amide bonds. The number of halogens is 1. The van der Waals surface area contributed by atoms with E-state index in [0.29, 0.717) is 10.6 Å². The summed E-state index contributed by atoms with van der Waals surface area (Å²) in [4.78, 5) is 12.3. The van der Waals surface area contributed by atoms with Crippen LogP contribution in [0.1, 0.15) is 40.4 Å². The van der Waals surface area contributed by atoms with Crippen molar-refractivity contribution >= 4 is 23.3 Å². The van der Waals surface area contributed by atoms with Crippen molar-refractivity contribution < 1.29 is 9.53 Å². The monoisotopic (exact) mass is 301 g/mol. The summed E-state index contributed by atoms with van der Waals surface area (Å²) in [5, 5.41) is 0.369. The third kappa shape index (κ3) is 2.74. The van der Waals surface area contributed by atoms with E-state index in [4.69, 9.17) is 22.1 Å². The third-order valence-corrected chi connectivity index (χ3v) is 4.17. The molecule has 0 saturated heterocycles. The van der Waals surface area contributed by atoms with Crippen LogP contribution in [0.2, 0.25) is 5.02 Å². The van der Waals surface area contributed by atoms with Gasteiger partial charge in [-0.25, -0.2) is 4.79 Å². The first-order valence-electron chi connectivity index (χ1n) is 6.99. The Kier molecular flexibility index (Phi) is 3.84. The minimum atomic E-state index is -0.420. The van der Waals surface area contributed by atoms with E-state index in [1.165, 1.54) is 5.56 Å². The predicted octanol–water partition coefficient (Wildman–Crippen LogP) is 4.16. The van der Waals surface area contributed by atoms with Crippen LogP contribution in [0.15, 0.2) is 42.5 Å². The first kappa shape index (κ1) is 14.0. The molecule has 0 spiro atoms. The van der Waals surface area contributed by atoms with Crippen molar-refractivity contribution in [3.8, 4) is 0 Å². The summed E-state index contributed by atoms with van der Waals surface area (Å²) in [5.41, 5.74) is 8.79. The van der Waals surface area contributed by atoms with Crippen molar-refractivity contribution in [2.45, 2.75) is 25.4 Å². The van der Waals surface area contributed by atoms with Crippen LogP contribution < -0.4 is 5.73 Å². The van der Waals surface area contributed by atoms with Crippen LogP contribution in [-0.4, -0.2) is 5.97 Å². The Hall–Kier alpha value is -2.00. The van der Waals surface area contributed by atoms with Crippen molar-refractivity contribution in [2.24, 2.45) is 0 Å². The number of hydrogen-bond acceptors (Lipinski definition) is 3. The van der Waals surface area contributed by atoms with Crippen LogP contribution in [0.3, 0.4) is 0 Å². The van der Waals surface area contributed by atoms with Crippen LogP contribution in [0.25, 0.3) is 0 Å². The molecule has 0 heterocycles. The van der Waals surface area contributed by atoms with Gasteiger partial charge in [-0.1, -0.05) is 41.9 Å². The molecule has 1 unspecified atom stereocenters. The second-order valence-corrected chi connectivity index (χ2v) is 5.59. The Morgan fingerprint density at radius 1 is 1.19 bits per heavy atom. The maximum Gasteiger partial charge on any atom is 0.340 e. The van der Waals surface area contributed by atoms with Crippen LogP contribution in [-0.2, 0) is 11.2 Å². The van der Waals surface area contributed by atoms with Gasteiger partial charge in [0.05, 0.1) is 16.3 Å². The molecule has 2 N–H and O–H groups in total. The molecule has 2 aromatic rings. The topological polar surface area (TPSA) is 52.3 Å². The fourth-order valence-electron chi connectivity index (χ4n) is 2.74. The lowest BCUT2D eigenvalue weighted by atomic mass is 9.89. The van der Waals surface area contributed by atoms with E-state index in [1.807, 2.05) is 18.2 Å². The van der Waals surface area contributed by atoms with Crippen LogP contribution in [0.4, 0.5) is 5.69 Å². The number of para-hydroxylation sites is 1. The largest absolute Gasteiger partial charge is 0.454 e. The van der Waals surface area contributed by atoms with Crippen molar-refractivity contribution in [3.05, 3.63) is 64.2 Å². The molecule has 21 heavy (non-hydrogen) atoms. The average Bonchev–Trinajstić information content (AvgIpc) is 2.50. The lowest BCUT2D eigenvalue weighted by Crippen LogP contribution is -2.17. The zero-order chi connectivity index (χ0) is 14.8. The van der Waals surface area contributed by atoms with Gasteiger partial charge in [-0.2, -0.15) is 0 Å². The summed E-state index contributed by atoms with van der Waals surface area (Å²) >= 11 is 5.95. The highest BCUT2D eigenvalue weighted by Crippen LogP contribution is 2.33. The standard InChI is InChI=1S/C17H16ClNO2/c18-14-9-4-8-13(16(14)19)17(20)21-15-10-3-6-11-5-1-2-7-12(11)15/h1-2,4-5,7-9,15H,3,6,10,19H2. The molecule has 2 aromatic carbocycles. The van der Waals surface area contributed by atoms with E-state index >= 15 is 0 Å². The van der Waals surface area contributed by atoms with E-state index in [1.54, 1.807) is 18.2 Å². The number of benzene rings is 2. The van der Waals surface area contributed by atoms with Gasteiger partial charge < -0.3 is 10.5 Å². The Bertz CT molecular complexity index is 684. The van der Waals surface area contributed by atoms with Gasteiger partial charge in [-0.15, -0.1) is 0 Å². The van der Waals surface area contributed by atoms with E-state index in [2.05, 4.69) is 6.07 Å². The molecule has 0 aromatic heterocycles. The van der Waals surface area contributed by atoms with E-state index < -0.39 is 5.97 Å². The molecule has 3 rings (SSSR count). The predicted molar refractivity (Wildman–Crippen MR) is 83.4 cm³/mol. The number of aryl methyl sites for hydroxylation is 1. The summed E-state index contributed by atoms with van der Waals surface area (Å²) in [6.45, 7) is 0. The number of fused-ring (bicyclic) bond motifs is 1. The molecule has 0 fully saturated rings. The summed E-state index contributed by atoms with van der Waals surface area (Å²) in [7, 11) is 0. The van der Waals surface area contributed by atoms with Gasteiger partial charge in [0.25, 0.3) is 0 Å². The molecule has 4 heteroatoms. The van der Waals surface area contributed by atoms with Gasteiger partial charge in [0.1, 0.15) is 6.10 Å². The van der Waals surface area contributed by atoms with Gasteiger partial charge in [0.15, 0.2) is 0 Å². The molecular weight excluding hydrogens is 286 g/mol. The zero-order valence-electron chi connectivity index (χ0n) is 11.5. The normalized spacial score (nSPS) is 17.1. The number of rotatable bonds is 2. The molecule has 1 atom stereocenters. The number of ether oxygens (including phenoxy) is 1. The van der Waals surface area contributed by atoms with Crippen LogP contribution in [0, 0.1) is 0 Å². The Labute approximate surface area is 128 Å². The molecule has 0 saturated carbocycles. The van der Waals surface area contributed by atoms with Crippen LogP contribution >= 0.6 is 11.6 Å². The Morgan fingerprint density at radius 2 is 2.00 bits per heavy atom. The van der Waals surface area contributed by atoms with Gasteiger partial charge in [0, 0.05) is 0 Å². The number of anilines is 1. The van der Waals surface area contributed by atoms with Gasteiger partial charge in [0.2, 0.25) is 0 Å². The van der Waals surface area contributed by atoms with Gasteiger partial charge in [-0.05, 0) is 42.5 Å². The summed E-state index contributed by atoms with van der Waals surface area (Å²) in [6.07, 6.45) is 2.67. The molecule has 1 aliphatic rings. The Morgan fingerprint density at radius 3 is 2.86 bits per heavy atom. The maximum atomic E-state index is 12.3. The van der Waals surface area contributed by atoms with Crippen LogP contribution in [0.5, 0.6) is 0 Å². The molecule has 1 aliphatic carbocycles. The molecular formula is C17H16ClNO2. The lowest BCUT2D eigenvalue weighted by molar-refractivity contribution is 0.0258. The van der Waals surface area contributed by atoms with Crippen molar-refractivity contribution in [2.75, 3.05) is 5.73 Å². The molecule has 0 aliphatic heterocycles. The third-order valence-electron chi connectivity index (χ3n) is 3.84. The smallest absolute Gasteiger partial charge is 0.340 e. The minimum Gasteiger partial charge on any atom is -0.454 e. The fourth-order valence-corrected chi connectivity index (χ4v) is 2.91. The van der Waals surface area contributed by atoms with E-state index in [9.17, 15) is 4.79 Å². The van der Waals surface area contributed by atoms with Crippen molar-refractivity contribution in [1.82, 2.24) is 0 Å². The highest BCUT2D eigenvalue weighted by atomic mass is 35.5. The summed E-state index contributed by atoms with van der Waals surface area (Å²) in [5.74, 6) is -0.420. The number of nitrogens with two attached hydrogens (primary N) is 1. The molecule has 3 nitrogen and oxygen atoms in total. The second-order valence-electron chi connectivity index (χ2n) is 5.19. The average molecular weight is 302 g/mol. The van der Waals surface area contributed by atoms with Crippen molar-refractivity contribution in [3.63, 3.8) is 0 Å². The van der Waals surface area contributed by atoms with Crippen molar-refractivity contribution in [1.29, 1.82) is 0 Å². The number of carbonyl (C=O) groups excluding carboxylic acids is 1. The molecule has 0 bridgehead atoms. The first-order chi connectivity index (χ1) is 10.2. The number of carbonyl (C=O) groups is 1. The maximum absolute atomic E-state index is 12.3. The quantitative estimate of drug-likeness (QED) is 0.669. The zero-order valence-corrected chi connectivity index (χ0v) is 12.3. The highest BCUT2D eigenvalue weighted by Gasteiger charge is 2.24. The number of esters is 1. The van der Waals surface area contributed by atoms with Gasteiger partial charge >= 0.3 is 5.97 Å². The highest BCUT2D eigenvalue weighted by molar-refractivity contribution is 6.33. The first-order valence-corrected chi connectivity index (χ1v) is 7.37. The second kappa shape index (κ2) is 5.78. The fraction of sp³-hybridized carbons (Fsp3) is 0.235. The van der Waals surface area contributed by atoms with E-state index in [-0.39, 0.29) is 11.8 Å². The SMILES string of the molecule is Nc1c(Cl)cccc1C(=O)OC1CCCc2ccccc21. The lowest BCUT2D eigenvalue weighted by Gasteiger charge is -2.25. The molecule has 0 radical (unpaired) electrons. The summed E-state index contributed by atoms with van der Waals surface area (Å²) in [6, 6.07) is 13.1. The minimum absolute atomic E-state index is 0.208. The summed E-state index contributed by atoms with van der Waals surface area (Å²) < 4.78 is 5.66. The number of nitrogen functional groups attached to an aromatic ring is 1. The number of hydrogen-bond donors (Lipinski definition) is 1. The van der Waals surface area contributed by atoms with E-state index in [0.717, 1.165) is 24.8 Å². The Balaban J connectivity index is 1.85. The molecule has 108 valence electrons. The van der Waals surface area contributed by atoms with Gasteiger partial charge in [-0.3, -0.25) is 0 Å².